The molecule has 0 unspecified atom stereocenters. The van der Waals surface area contributed by atoms with Gasteiger partial charge in [-0.05, 0) is 36.3 Å². The standard InChI is InChI=1S/C12H11BrO2/c1-9(8-12(14)15)2-3-10-4-6-11(13)7-5-10/h2-8H,1H3,(H,14,15)/p-1/b3-2+,9-8+. The molecule has 0 aliphatic rings. The highest BCUT2D eigenvalue weighted by Crippen LogP contribution is 2.12. The second kappa shape index (κ2) is 5.51. The van der Waals surface area contributed by atoms with Gasteiger partial charge in [0.2, 0.25) is 0 Å². The highest BCUT2D eigenvalue weighted by molar-refractivity contribution is 9.10. The number of allylic oxidation sites excluding steroid dienone is 2. The molecular weight excluding hydrogens is 256 g/mol. The van der Waals surface area contributed by atoms with E-state index in [4.69, 9.17) is 0 Å². The van der Waals surface area contributed by atoms with Gasteiger partial charge in [-0.2, -0.15) is 0 Å². The largest absolute Gasteiger partial charge is 0.545 e. The third kappa shape index (κ3) is 4.61. The molecule has 2 nitrogen and oxygen atoms in total. The molecular formula is C12H10BrO2-. The monoisotopic (exact) mass is 265 g/mol. The third-order valence-corrected chi connectivity index (χ3v) is 2.28. The summed E-state index contributed by atoms with van der Waals surface area (Å²) in [6.07, 6.45) is 4.65. The second-order valence-electron chi connectivity index (χ2n) is 3.09. The van der Waals surface area contributed by atoms with Crippen molar-refractivity contribution >= 4 is 28.0 Å². The first-order valence-electron chi connectivity index (χ1n) is 4.41. The maximum Gasteiger partial charge on any atom is 0.0645 e. The van der Waals surface area contributed by atoms with Gasteiger partial charge in [-0.1, -0.05) is 40.2 Å². The number of halogens is 1. The number of carbonyl (C=O) groups excluding carboxylic acids is 1. The summed E-state index contributed by atoms with van der Waals surface area (Å²) in [5, 5.41) is 10.2. The zero-order valence-electron chi connectivity index (χ0n) is 8.24. The second-order valence-corrected chi connectivity index (χ2v) is 4.01. The highest BCUT2D eigenvalue weighted by atomic mass is 79.9. The molecule has 0 saturated carbocycles. The van der Waals surface area contributed by atoms with E-state index in [2.05, 4.69) is 15.9 Å². The first-order chi connectivity index (χ1) is 7.08. The number of rotatable bonds is 3. The molecule has 0 radical (unpaired) electrons. The van der Waals surface area contributed by atoms with Gasteiger partial charge in [0.05, 0.1) is 5.97 Å². The van der Waals surface area contributed by atoms with Gasteiger partial charge in [-0.3, -0.25) is 0 Å². The lowest BCUT2D eigenvalue weighted by molar-refractivity contribution is -0.297. The number of hydrogen-bond donors (Lipinski definition) is 0. The molecule has 3 heteroatoms. The van der Waals surface area contributed by atoms with E-state index < -0.39 is 5.97 Å². The van der Waals surface area contributed by atoms with E-state index in [0.717, 1.165) is 16.1 Å². The van der Waals surface area contributed by atoms with E-state index in [-0.39, 0.29) is 0 Å². The quantitative estimate of drug-likeness (QED) is 0.621. The number of carboxylic acid groups (broad SMARTS) is 1. The number of hydrogen-bond acceptors (Lipinski definition) is 2. The van der Waals surface area contributed by atoms with Crippen molar-refractivity contribution in [2.45, 2.75) is 6.92 Å². The lowest BCUT2D eigenvalue weighted by Gasteiger charge is -1.96. The topological polar surface area (TPSA) is 40.1 Å². The van der Waals surface area contributed by atoms with Crippen LogP contribution in [0, 0.1) is 0 Å². The summed E-state index contributed by atoms with van der Waals surface area (Å²) >= 11 is 3.34. The molecule has 0 amide bonds. The molecule has 0 spiro atoms. The smallest absolute Gasteiger partial charge is 0.0645 e. The SMILES string of the molecule is CC(/C=C/c1ccc(Br)cc1)=C\C(=O)[O-]. The summed E-state index contributed by atoms with van der Waals surface area (Å²) in [5.41, 5.74) is 1.67. The minimum Gasteiger partial charge on any atom is -0.545 e. The number of carbonyl (C=O) groups is 1. The predicted octanol–water partition coefficient (Wildman–Crippen LogP) is 2.16. The molecule has 0 fully saturated rings. The normalized spacial score (nSPS) is 12.0. The van der Waals surface area contributed by atoms with Crippen molar-refractivity contribution in [1.29, 1.82) is 0 Å². The fourth-order valence-electron chi connectivity index (χ4n) is 1.04. The summed E-state index contributed by atoms with van der Waals surface area (Å²) in [6.45, 7) is 1.71. The van der Waals surface area contributed by atoms with Crippen LogP contribution in [-0.4, -0.2) is 5.97 Å². The Bertz CT molecular complexity index is 402. The van der Waals surface area contributed by atoms with Crippen LogP contribution in [0.2, 0.25) is 0 Å². The van der Waals surface area contributed by atoms with Gasteiger partial charge < -0.3 is 9.90 Å². The molecule has 0 atom stereocenters. The lowest BCUT2D eigenvalue weighted by Crippen LogP contribution is -2.19. The Morgan fingerprint density at radius 1 is 1.33 bits per heavy atom. The molecule has 1 aromatic rings. The fourth-order valence-corrected chi connectivity index (χ4v) is 1.30. The van der Waals surface area contributed by atoms with Crippen LogP contribution in [0.15, 0.2) is 46.5 Å². The van der Waals surface area contributed by atoms with Crippen LogP contribution >= 0.6 is 15.9 Å². The van der Waals surface area contributed by atoms with Crippen LogP contribution in [0.25, 0.3) is 6.08 Å². The van der Waals surface area contributed by atoms with E-state index >= 15 is 0 Å². The van der Waals surface area contributed by atoms with Gasteiger partial charge >= 0.3 is 0 Å². The fraction of sp³-hybridized carbons (Fsp3) is 0.0833. The molecule has 0 aliphatic carbocycles. The van der Waals surface area contributed by atoms with Crippen molar-refractivity contribution in [2.24, 2.45) is 0 Å². The predicted molar refractivity (Wildman–Crippen MR) is 61.9 cm³/mol. The van der Waals surface area contributed by atoms with Crippen LogP contribution in [0.3, 0.4) is 0 Å². The third-order valence-electron chi connectivity index (χ3n) is 1.75. The molecule has 15 heavy (non-hydrogen) atoms. The highest BCUT2D eigenvalue weighted by Gasteiger charge is 1.87. The van der Waals surface area contributed by atoms with E-state index in [1.54, 1.807) is 13.0 Å². The molecule has 0 bridgehead atoms. The Hall–Kier alpha value is -1.35. The van der Waals surface area contributed by atoms with Crippen molar-refractivity contribution in [1.82, 2.24) is 0 Å². The van der Waals surface area contributed by atoms with Crippen LogP contribution in [-0.2, 0) is 4.79 Å². The van der Waals surface area contributed by atoms with Crippen LogP contribution in [0.1, 0.15) is 12.5 Å². The van der Waals surface area contributed by atoms with Crippen LogP contribution in [0.4, 0.5) is 0 Å². The molecule has 78 valence electrons. The minimum atomic E-state index is -1.17. The van der Waals surface area contributed by atoms with Crippen LogP contribution in [0.5, 0.6) is 0 Å². The maximum atomic E-state index is 10.2. The zero-order chi connectivity index (χ0) is 11.3. The molecule has 0 N–H and O–H groups in total. The van der Waals surface area contributed by atoms with Gasteiger partial charge in [0.15, 0.2) is 0 Å². The van der Waals surface area contributed by atoms with Crippen molar-refractivity contribution < 1.29 is 9.90 Å². The Morgan fingerprint density at radius 2 is 1.93 bits per heavy atom. The summed E-state index contributed by atoms with van der Waals surface area (Å²) in [6, 6.07) is 7.73. The summed E-state index contributed by atoms with van der Waals surface area (Å²) in [7, 11) is 0. The van der Waals surface area contributed by atoms with Crippen LogP contribution < -0.4 is 5.11 Å². The summed E-state index contributed by atoms with van der Waals surface area (Å²) in [5.74, 6) is -1.17. The molecule has 0 heterocycles. The average molecular weight is 266 g/mol. The molecule has 0 saturated heterocycles. The van der Waals surface area contributed by atoms with Gasteiger partial charge in [0, 0.05) is 4.47 Å². The lowest BCUT2D eigenvalue weighted by atomic mass is 10.1. The molecule has 0 aromatic heterocycles. The van der Waals surface area contributed by atoms with E-state index in [9.17, 15) is 9.90 Å². The zero-order valence-corrected chi connectivity index (χ0v) is 9.82. The van der Waals surface area contributed by atoms with Crippen molar-refractivity contribution in [3.05, 3.63) is 52.0 Å². The minimum absolute atomic E-state index is 0.651. The van der Waals surface area contributed by atoms with Gasteiger partial charge in [0.1, 0.15) is 0 Å². The number of aliphatic carboxylic acids is 1. The van der Waals surface area contributed by atoms with Gasteiger partial charge in [-0.25, -0.2) is 0 Å². The Balaban J connectivity index is 2.73. The van der Waals surface area contributed by atoms with Crippen molar-refractivity contribution in [2.75, 3.05) is 0 Å². The van der Waals surface area contributed by atoms with Gasteiger partial charge in [0.25, 0.3) is 0 Å². The first kappa shape index (κ1) is 11.7. The molecule has 1 aromatic carbocycles. The van der Waals surface area contributed by atoms with Gasteiger partial charge in [-0.15, -0.1) is 0 Å². The Labute approximate surface area is 97.1 Å². The van der Waals surface area contributed by atoms with E-state index in [1.165, 1.54) is 0 Å². The van der Waals surface area contributed by atoms with Crippen molar-refractivity contribution in [3.8, 4) is 0 Å². The first-order valence-corrected chi connectivity index (χ1v) is 5.20. The Morgan fingerprint density at radius 3 is 2.47 bits per heavy atom. The molecule has 0 aliphatic heterocycles. The average Bonchev–Trinajstić information content (AvgIpc) is 2.16. The number of benzene rings is 1. The maximum absolute atomic E-state index is 10.2. The van der Waals surface area contributed by atoms with Crippen molar-refractivity contribution in [3.63, 3.8) is 0 Å². The summed E-state index contributed by atoms with van der Waals surface area (Å²) < 4.78 is 1.02. The summed E-state index contributed by atoms with van der Waals surface area (Å²) in [4.78, 5) is 10.2. The van der Waals surface area contributed by atoms with E-state index in [0.29, 0.717) is 5.57 Å². The Kier molecular flexibility index (Phi) is 4.31. The van der Waals surface area contributed by atoms with E-state index in [1.807, 2.05) is 30.3 Å². The molecule has 1 rings (SSSR count). The number of carboxylic acids is 1.